The molecule has 0 aliphatic rings. The van der Waals surface area contributed by atoms with Crippen LogP contribution in [0.3, 0.4) is 0 Å². The Morgan fingerprint density at radius 2 is 1.59 bits per heavy atom. The first-order valence-electron chi connectivity index (χ1n) is 9.16. The molecule has 6 nitrogen and oxygen atoms in total. The van der Waals surface area contributed by atoms with Gasteiger partial charge in [-0.2, -0.15) is 13.2 Å². The number of nitrogens with one attached hydrogen (secondary N) is 2. The number of hydrogen-bond donors (Lipinski definition) is 2. The SMILES string of the molecule is O=C(Nc1c(C(=O)Nc2ccc(F)cc2)oc2cccnc12)c1ccccc1C(F)(F)F. The van der Waals surface area contributed by atoms with Crippen LogP contribution >= 0.6 is 0 Å². The Bertz CT molecular complexity index is 1310. The van der Waals surface area contributed by atoms with Gasteiger partial charge in [0.15, 0.2) is 5.58 Å². The van der Waals surface area contributed by atoms with E-state index in [1.807, 2.05) is 0 Å². The molecule has 0 unspecified atom stereocenters. The molecule has 2 heterocycles. The maximum absolute atomic E-state index is 13.3. The van der Waals surface area contributed by atoms with Gasteiger partial charge in [-0.1, -0.05) is 12.1 Å². The molecule has 0 fully saturated rings. The summed E-state index contributed by atoms with van der Waals surface area (Å²) < 4.78 is 58.6. The predicted octanol–water partition coefficient (Wildman–Crippen LogP) is 5.49. The Kier molecular flexibility index (Phi) is 5.35. The molecule has 0 bridgehead atoms. The number of halogens is 4. The van der Waals surface area contributed by atoms with Gasteiger partial charge in [-0.15, -0.1) is 0 Å². The van der Waals surface area contributed by atoms with Crippen molar-refractivity contribution in [3.8, 4) is 0 Å². The summed E-state index contributed by atoms with van der Waals surface area (Å²) in [4.78, 5) is 29.6. The lowest BCUT2D eigenvalue weighted by atomic mass is 10.1. The number of pyridine rings is 1. The molecule has 2 amide bonds. The van der Waals surface area contributed by atoms with Gasteiger partial charge in [-0.25, -0.2) is 4.39 Å². The Morgan fingerprint density at radius 3 is 2.31 bits per heavy atom. The lowest BCUT2D eigenvalue weighted by Gasteiger charge is -2.12. The molecular weight excluding hydrogens is 430 g/mol. The van der Waals surface area contributed by atoms with E-state index in [4.69, 9.17) is 4.42 Å². The molecule has 2 aromatic carbocycles. The highest BCUT2D eigenvalue weighted by Gasteiger charge is 2.35. The number of fused-ring (bicyclic) bond motifs is 1. The molecule has 10 heteroatoms. The van der Waals surface area contributed by atoms with Crippen LogP contribution in [0.25, 0.3) is 11.1 Å². The van der Waals surface area contributed by atoms with Crippen molar-refractivity contribution in [2.75, 3.05) is 10.6 Å². The molecule has 0 radical (unpaired) electrons. The summed E-state index contributed by atoms with van der Waals surface area (Å²) in [6.45, 7) is 0. The van der Waals surface area contributed by atoms with Crippen molar-refractivity contribution in [3.05, 3.63) is 89.6 Å². The summed E-state index contributed by atoms with van der Waals surface area (Å²) in [5.41, 5.74) is -1.50. The van der Waals surface area contributed by atoms with Crippen molar-refractivity contribution in [1.82, 2.24) is 4.98 Å². The summed E-state index contributed by atoms with van der Waals surface area (Å²) in [6, 6.07) is 12.1. The fourth-order valence-electron chi connectivity index (χ4n) is 3.04. The first kappa shape index (κ1) is 21.0. The maximum atomic E-state index is 13.3. The number of alkyl halides is 3. The molecule has 0 spiro atoms. The summed E-state index contributed by atoms with van der Waals surface area (Å²) >= 11 is 0. The van der Waals surface area contributed by atoms with E-state index >= 15 is 0 Å². The second-order valence-electron chi connectivity index (χ2n) is 6.61. The number of nitrogens with zero attached hydrogens (tertiary/aromatic N) is 1. The number of amides is 2. The van der Waals surface area contributed by atoms with Gasteiger partial charge in [0.2, 0.25) is 5.76 Å². The maximum Gasteiger partial charge on any atom is 0.417 e. The smallest absolute Gasteiger partial charge is 0.417 e. The van der Waals surface area contributed by atoms with E-state index in [2.05, 4.69) is 15.6 Å². The first-order chi connectivity index (χ1) is 15.2. The monoisotopic (exact) mass is 443 g/mol. The number of furan rings is 1. The van der Waals surface area contributed by atoms with Gasteiger partial charge < -0.3 is 15.1 Å². The molecular formula is C22H13F4N3O3. The molecule has 0 saturated carbocycles. The lowest BCUT2D eigenvalue weighted by molar-refractivity contribution is -0.137. The van der Waals surface area contributed by atoms with Crippen molar-refractivity contribution in [1.29, 1.82) is 0 Å². The van der Waals surface area contributed by atoms with Gasteiger partial charge in [0.05, 0.1) is 11.1 Å². The lowest BCUT2D eigenvalue weighted by Crippen LogP contribution is -2.20. The molecule has 32 heavy (non-hydrogen) atoms. The molecule has 2 aromatic heterocycles. The average molecular weight is 443 g/mol. The highest BCUT2D eigenvalue weighted by Crippen LogP contribution is 2.34. The number of benzene rings is 2. The first-order valence-corrected chi connectivity index (χ1v) is 9.16. The fraction of sp³-hybridized carbons (Fsp3) is 0.0455. The summed E-state index contributed by atoms with van der Waals surface area (Å²) in [7, 11) is 0. The molecule has 0 saturated heterocycles. The molecule has 4 aromatic rings. The quantitative estimate of drug-likeness (QED) is 0.409. The normalized spacial score (nSPS) is 11.4. The van der Waals surface area contributed by atoms with Gasteiger partial charge in [0.25, 0.3) is 11.8 Å². The third kappa shape index (κ3) is 4.15. The minimum atomic E-state index is -4.76. The highest BCUT2D eigenvalue weighted by molar-refractivity contribution is 6.16. The zero-order valence-corrected chi connectivity index (χ0v) is 16.0. The summed E-state index contributed by atoms with van der Waals surface area (Å²) in [5.74, 6) is -2.79. The highest BCUT2D eigenvalue weighted by atomic mass is 19.4. The Hall–Kier alpha value is -4.21. The van der Waals surface area contributed by atoms with Gasteiger partial charge in [0, 0.05) is 11.9 Å². The third-order valence-corrected chi connectivity index (χ3v) is 4.47. The van der Waals surface area contributed by atoms with Crippen molar-refractivity contribution in [2.24, 2.45) is 0 Å². The Labute approximate surface area is 177 Å². The third-order valence-electron chi connectivity index (χ3n) is 4.47. The van der Waals surface area contributed by atoms with Gasteiger partial charge in [-0.05, 0) is 48.5 Å². The van der Waals surface area contributed by atoms with Crippen LogP contribution < -0.4 is 10.6 Å². The van der Waals surface area contributed by atoms with E-state index in [1.54, 1.807) is 0 Å². The van der Waals surface area contributed by atoms with Crippen LogP contribution in [0.5, 0.6) is 0 Å². The van der Waals surface area contributed by atoms with E-state index in [-0.39, 0.29) is 28.2 Å². The van der Waals surface area contributed by atoms with Crippen LogP contribution in [-0.4, -0.2) is 16.8 Å². The fourth-order valence-corrected chi connectivity index (χ4v) is 3.04. The number of hydrogen-bond acceptors (Lipinski definition) is 4. The van der Waals surface area contributed by atoms with Crippen LogP contribution in [0.15, 0.2) is 71.3 Å². The van der Waals surface area contributed by atoms with Crippen LogP contribution in [0.4, 0.5) is 28.9 Å². The molecule has 0 aliphatic carbocycles. The van der Waals surface area contributed by atoms with Crippen LogP contribution in [0.1, 0.15) is 26.5 Å². The van der Waals surface area contributed by atoms with Crippen LogP contribution in [0.2, 0.25) is 0 Å². The van der Waals surface area contributed by atoms with E-state index in [1.165, 1.54) is 36.5 Å². The minimum Gasteiger partial charge on any atom is -0.447 e. The van der Waals surface area contributed by atoms with Crippen LogP contribution in [-0.2, 0) is 6.18 Å². The second kappa shape index (κ2) is 8.14. The van der Waals surface area contributed by atoms with E-state index in [9.17, 15) is 27.2 Å². The predicted molar refractivity (Wildman–Crippen MR) is 108 cm³/mol. The molecule has 0 aliphatic heterocycles. The van der Waals surface area contributed by atoms with Gasteiger partial charge in [0.1, 0.15) is 17.0 Å². The van der Waals surface area contributed by atoms with Crippen molar-refractivity contribution < 1.29 is 31.6 Å². The molecule has 4 rings (SSSR count). The van der Waals surface area contributed by atoms with E-state index in [0.29, 0.717) is 0 Å². The van der Waals surface area contributed by atoms with E-state index < -0.39 is 34.9 Å². The molecule has 2 N–H and O–H groups in total. The zero-order valence-electron chi connectivity index (χ0n) is 16.0. The van der Waals surface area contributed by atoms with E-state index in [0.717, 1.165) is 30.3 Å². The van der Waals surface area contributed by atoms with Gasteiger partial charge >= 0.3 is 6.18 Å². The van der Waals surface area contributed by atoms with Crippen molar-refractivity contribution in [2.45, 2.75) is 6.18 Å². The largest absolute Gasteiger partial charge is 0.447 e. The minimum absolute atomic E-state index is 0.0783. The number of carbonyl (C=O) groups excluding carboxylic acids is 2. The molecule has 162 valence electrons. The van der Waals surface area contributed by atoms with Crippen LogP contribution in [0, 0.1) is 5.82 Å². The second-order valence-corrected chi connectivity index (χ2v) is 6.61. The Morgan fingerprint density at radius 1 is 0.875 bits per heavy atom. The zero-order chi connectivity index (χ0) is 22.9. The Balaban J connectivity index is 1.72. The standard InChI is InChI=1S/C22H13F4N3O3/c23-12-7-9-13(10-8-12)28-21(31)19-18(17-16(32-19)6-3-11-27-17)29-20(30)14-4-1-2-5-15(14)22(24,25)26/h1-11H,(H,28,31)(H,29,30). The topological polar surface area (TPSA) is 84.2 Å². The number of carbonyl (C=O) groups is 2. The number of aromatic nitrogens is 1. The summed E-state index contributed by atoms with van der Waals surface area (Å²) in [6.07, 6.45) is -3.38. The number of rotatable bonds is 4. The van der Waals surface area contributed by atoms with Gasteiger partial charge in [-0.3, -0.25) is 14.6 Å². The average Bonchev–Trinajstić information content (AvgIpc) is 3.13. The molecule has 0 atom stereocenters. The number of anilines is 2. The van der Waals surface area contributed by atoms with Crippen molar-refractivity contribution in [3.63, 3.8) is 0 Å². The van der Waals surface area contributed by atoms with Crippen molar-refractivity contribution >= 4 is 34.3 Å². The summed E-state index contributed by atoms with van der Waals surface area (Å²) in [5, 5.41) is 4.80.